The topological polar surface area (TPSA) is 69.6 Å². The number of hydrogen-bond acceptors (Lipinski definition) is 2. The highest BCUT2D eigenvalue weighted by Gasteiger charge is 2.31. The molecule has 2 N–H and O–H groups in total. The Morgan fingerprint density at radius 3 is 2.80 bits per heavy atom. The van der Waals surface area contributed by atoms with Crippen molar-refractivity contribution in [1.29, 1.82) is 0 Å². The molecule has 0 aromatic rings. The summed E-state index contributed by atoms with van der Waals surface area (Å²) in [5.74, 6) is -0.902. The number of hydrogen-bond donors (Lipinski definition) is 2. The van der Waals surface area contributed by atoms with Crippen molar-refractivity contribution in [3.8, 4) is 0 Å². The number of urea groups is 1. The van der Waals surface area contributed by atoms with Gasteiger partial charge in [0.05, 0.1) is 0 Å². The molecule has 1 aliphatic rings. The second-order valence-electron chi connectivity index (χ2n) is 3.78. The Kier molecular flexibility index (Phi) is 4.39. The normalized spacial score (nSPS) is 21.1. The van der Waals surface area contributed by atoms with Crippen LogP contribution in [0.3, 0.4) is 0 Å². The minimum Gasteiger partial charge on any atom is -0.480 e. The fourth-order valence-corrected chi connectivity index (χ4v) is 1.76. The van der Waals surface area contributed by atoms with Crippen molar-refractivity contribution in [1.82, 2.24) is 10.2 Å². The average Bonchev–Trinajstić information content (AvgIpc) is 2.25. The van der Waals surface area contributed by atoms with Gasteiger partial charge in [0.2, 0.25) is 0 Å². The first-order chi connectivity index (χ1) is 7.16. The first-order valence-corrected chi connectivity index (χ1v) is 5.44. The van der Waals surface area contributed by atoms with Crippen molar-refractivity contribution in [3.05, 3.63) is 0 Å². The molecule has 0 unspecified atom stereocenters. The first kappa shape index (κ1) is 11.8. The fraction of sp³-hybridized carbons (Fsp3) is 0.800. The van der Waals surface area contributed by atoms with Crippen molar-refractivity contribution in [2.75, 3.05) is 13.1 Å². The van der Waals surface area contributed by atoms with Crippen LogP contribution in [0.15, 0.2) is 0 Å². The molecule has 1 fully saturated rings. The van der Waals surface area contributed by atoms with Gasteiger partial charge in [-0.15, -0.1) is 0 Å². The predicted molar refractivity (Wildman–Crippen MR) is 55.7 cm³/mol. The molecule has 0 bridgehead atoms. The molecule has 86 valence electrons. The Balaban J connectivity index is 2.55. The Bertz CT molecular complexity index is 243. The van der Waals surface area contributed by atoms with Crippen LogP contribution in [-0.2, 0) is 4.79 Å². The third-order valence-electron chi connectivity index (χ3n) is 2.57. The lowest BCUT2D eigenvalue weighted by molar-refractivity contribution is -0.143. The summed E-state index contributed by atoms with van der Waals surface area (Å²) in [5.41, 5.74) is 0. The number of carbonyl (C=O) groups excluding carboxylic acids is 1. The van der Waals surface area contributed by atoms with Crippen molar-refractivity contribution in [2.24, 2.45) is 0 Å². The van der Waals surface area contributed by atoms with Gasteiger partial charge in [-0.2, -0.15) is 0 Å². The van der Waals surface area contributed by atoms with Crippen LogP contribution < -0.4 is 5.32 Å². The molecule has 1 aliphatic heterocycles. The number of likely N-dealkylation sites (tertiary alicyclic amines) is 1. The Hall–Kier alpha value is -1.26. The van der Waals surface area contributed by atoms with E-state index < -0.39 is 12.0 Å². The van der Waals surface area contributed by atoms with E-state index in [0.717, 1.165) is 19.3 Å². The number of carboxylic acids is 1. The van der Waals surface area contributed by atoms with Gasteiger partial charge < -0.3 is 15.3 Å². The second kappa shape index (κ2) is 5.58. The van der Waals surface area contributed by atoms with Gasteiger partial charge in [-0.3, -0.25) is 0 Å². The molecule has 0 aliphatic carbocycles. The summed E-state index contributed by atoms with van der Waals surface area (Å²) in [7, 11) is 0. The van der Waals surface area contributed by atoms with E-state index >= 15 is 0 Å². The van der Waals surface area contributed by atoms with E-state index in [-0.39, 0.29) is 6.03 Å². The number of piperidine rings is 1. The van der Waals surface area contributed by atoms with E-state index in [2.05, 4.69) is 5.32 Å². The minimum atomic E-state index is -0.902. The standard InChI is InChI=1S/C10H18N2O3/c1-2-6-11-10(15)12-7-4-3-5-8(12)9(13)14/h8H,2-7H2,1H3,(H,11,15)(H,13,14)/t8-/m0/s1. The number of nitrogens with zero attached hydrogens (tertiary/aromatic N) is 1. The van der Waals surface area contributed by atoms with Crippen LogP contribution in [0.2, 0.25) is 0 Å². The van der Waals surface area contributed by atoms with Crippen molar-refractivity contribution < 1.29 is 14.7 Å². The molecule has 5 heteroatoms. The monoisotopic (exact) mass is 214 g/mol. The Morgan fingerprint density at radius 1 is 1.47 bits per heavy atom. The summed E-state index contributed by atoms with van der Waals surface area (Å²) in [6, 6.07) is -0.889. The molecule has 0 aromatic carbocycles. The van der Waals surface area contributed by atoms with E-state index in [1.54, 1.807) is 0 Å². The summed E-state index contributed by atoms with van der Waals surface area (Å²) in [4.78, 5) is 24.0. The summed E-state index contributed by atoms with van der Waals surface area (Å²) in [6.45, 7) is 3.11. The van der Waals surface area contributed by atoms with Crippen LogP contribution in [0, 0.1) is 0 Å². The molecule has 15 heavy (non-hydrogen) atoms. The Morgan fingerprint density at radius 2 is 2.20 bits per heavy atom. The molecule has 0 spiro atoms. The zero-order chi connectivity index (χ0) is 11.3. The first-order valence-electron chi connectivity index (χ1n) is 5.44. The zero-order valence-electron chi connectivity index (χ0n) is 9.03. The van der Waals surface area contributed by atoms with Crippen LogP contribution in [0.5, 0.6) is 0 Å². The minimum absolute atomic E-state index is 0.246. The summed E-state index contributed by atoms with van der Waals surface area (Å²) in [6.07, 6.45) is 3.20. The molecule has 0 aromatic heterocycles. The highest BCUT2D eigenvalue weighted by atomic mass is 16.4. The molecule has 1 rings (SSSR count). The molecule has 2 amide bonds. The van der Waals surface area contributed by atoms with Crippen molar-refractivity contribution >= 4 is 12.0 Å². The van der Waals surface area contributed by atoms with Gasteiger partial charge in [0, 0.05) is 13.1 Å². The number of nitrogens with one attached hydrogen (secondary N) is 1. The molecular formula is C10H18N2O3. The summed E-state index contributed by atoms with van der Waals surface area (Å²) >= 11 is 0. The SMILES string of the molecule is CCCNC(=O)N1CCCC[C@H]1C(=O)O. The lowest BCUT2D eigenvalue weighted by Gasteiger charge is -2.32. The number of carboxylic acid groups (broad SMARTS) is 1. The van der Waals surface area contributed by atoms with Gasteiger partial charge in [0.25, 0.3) is 0 Å². The zero-order valence-corrected chi connectivity index (χ0v) is 9.03. The molecule has 1 atom stereocenters. The molecule has 5 nitrogen and oxygen atoms in total. The second-order valence-corrected chi connectivity index (χ2v) is 3.78. The maximum atomic E-state index is 11.6. The number of aliphatic carboxylic acids is 1. The van der Waals surface area contributed by atoms with Crippen LogP contribution >= 0.6 is 0 Å². The van der Waals surface area contributed by atoms with Gasteiger partial charge in [-0.1, -0.05) is 6.92 Å². The highest BCUT2D eigenvalue weighted by Crippen LogP contribution is 2.17. The number of rotatable bonds is 3. The van der Waals surface area contributed by atoms with Gasteiger partial charge in [0.15, 0.2) is 0 Å². The molecule has 0 saturated carbocycles. The molecular weight excluding hydrogens is 196 g/mol. The van der Waals surface area contributed by atoms with E-state index in [1.807, 2.05) is 6.92 Å². The van der Waals surface area contributed by atoms with Crippen LogP contribution in [-0.4, -0.2) is 41.1 Å². The van der Waals surface area contributed by atoms with Crippen LogP contribution in [0.4, 0.5) is 4.79 Å². The third-order valence-corrected chi connectivity index (χ3v) is 2.57. The van der Waals surface area contributed by atoms with E-state index in [1.165, 1.54) is 4.90 Å². The smallest absolute Gasteiger partial charge is 0.326 e. The summed E-state index contributed by atoms with van der Waals surface area (Å²) < 4.78 is 0. The molecule has 1 saturated heterocycles. The van der Waals surface area contributed by atoms with Gasteiger partial charge in [-0.25, -0.2) is 9.59 Å². The van der Waals surface area contributed by atoms with E-state index in [9.17, 15) is 9.59 Å². The predicted octanol–water partition coefficient (Wildman–Crippen LogP) is 1.05. The lowest BCUT2D eigenvalue weighted by atomic mass is 10.0. The lowest BCUT2D eigenvalue weighted by Crippen LogP contribution is -2.51. The molecule has 0 radical (unpaired) electrons. The van der Waals surface area contributed by atoms with Gasteiger partial charge in [0.1, 0.15) is 6.04 Å². The van der Waals surface area contributed by atoms with E-state index in [4.69, 9.17) is 5.11 Å². The highest BCUT2D eigenvalue weighted by molar-refractivity contribution is 5.82. The third kappa shape index (κ3) is 3.11. The average molecular weight is 214 g/mol. The summed E-state index contributed by atoms with van der Waals surface area (Å²) in [5, 5.41) is 11.7. The quantitative estimate of drug-likeness (QED) is 0.737. The maximum absolute atomic E-state index is 11.6. The van der Waals surface area contributed by atoms with Gasteiger partial charge >= 0.3 is 12.0 Å². The van der Waals surface area contributed by atoms with Crippen LogP contribution in [0.1, 0.15) is 32.6 Å². The van der Waals surface area contributed by atoms with Crippen molar-refractivity contribution in [3.63, 3.8) is 0 Å². The van der Waals surface area contributed by atoms with Crippen molar-refractivity contribution in [2.45, 2.75) is 38.6 Å². The Labute approximate surface area is 89.4 Å². The van der Waals surface area contributed by atoms with Gasteiger partial charge in [-0.05, 0) is 25.7 Å². The largest absolute Gasteiger partial charge is 0.480 e. The van der Waals surface area contributed by atoms with Crippen LogP contribution in [0.25, 0.3) is 0 Å². The fourth-order valence-electron chi connectivity index (χ4n) is 1.76. The van der Waals surface area contributed by atoms with E-state index in [0.29, 0.717) is 19.5 Å². The number of amides is 2. The maximum Gasteiger partial charge on any atom is 0.326 e. The number of carbonyl (C=O) groups is 2. The molecule has 1 heterocycles.